The molecular formula is C27H18N4O2. The van der Waals surface area contributed by atoms with Gasteiger partial charge < -0.3 is 9.47 Å². The molecule has 0 aliphatic rings. The summed E-state index contributed by atoms with van der Waals surface area (Å²) in [5.41, 5.74) is 1.99. The first-order chi connectivity index (χ1) is 16.3. The number of aromatic nitrogens is 4. The zero-order valence-electron chi connectivity index (χ0n) is 17.5. The Kier molecular flexibility index (Phi) is 4.66. The average Bonchev–Trinajstić information content (AvgIpc) is 3.19. The molecule has 0 radical (unpaired) electrons. The number of hydrogen-bond donors (Lipinski definition) is 0. The van der Waals surface area contributed by atoms with E-state index < -0.39 is 0 Å². The molecule has 0 saturated carbocycles. The molecule has 6 aromatic rings. The van der Waals surface area contributed by atoms with E-state index in [-0.39, 0.29) is 0 Å². The average molecular weight is 430 g/mol. The van der Waals surface area contributed by atoms with Gasteiger partial charge in [-0.25, -0.2) is 9.97 Å². The Morgan fingerprint density at radius 3 is 2.18 bits per heavy atom. The number of benzene rings is 2. The minimum absolute atomic E-state index is 0.532. The summed E-state index contributed by atoms with van der Waals surface area (Å²) in [5.74, 6) is 3.40. The molecule has 158 valence electrons. The van der Waals surface area contributed by atoms with Crippen molar-refractivity contribution in [1.82, 2.24) is 19.5 Å². The van der Waals surface area contributed by atoms with Crippen LogP contribution in [0.1, 0.15) is 0 Å². The second-order valence-corrected chi connectivity index (χ2v) is 7.44. The van der Waals surface area contributed by atoms with Crippen LogP contribution in [0.4, 0.5) is 0 Å². The minimum Gasteiger partial charge on any atom is -0.457 e. The van der Waals surface area contributed by atoms with Crippen molar-refractivity contribution in [2.24, 2.45) is 0 Å². The molecular weight excluding hydrogens is 412 g/mol. The second-order valence-electron chi connectivity index (χ2n) is 7.44. The van der Waals surface area contributed by atoms with Crippen molar-refractivity contribution in [1.29, 1.82) is 0 Å². The van der Waals surface area contributed by atoms with E-state index in [0.29, 0.717) is 23.1 Å². The van der Waals surface area contributed by atoms with Gasteiger partial charge in [0.2, 0.25) is 5.88 Å². The maximum Gasteiger partial charge on any atom is 0.219 e. The zero-order valence-corrected chi connectivity index (χ0v) is 17.5. The smallest absolute Gasteiger partial charge is 0.219 e. The Hall–Kier alpha value is -4.71. The maximum absolute atomic E-state index is 6.20. The molecule has 0 bridgehead atoms. The van der Waals surface area contributed by atoms with Gasteiger partial charge in [0.25, 0.3) is 0 Å². The largest absolute Gasteiger partial charge is 0.457 e. The van der Waals surface area contributed by atoms with Gasteiger partial charge >= 0.3 is 0 Å². The van der Waals surface area contributed by atoms with Gasteiger partial charge in [-0.3, -0.25) is 9.55 Å². The molecule has 0 saturated heterocycles. The molecule has 0 aliphatic heterocycles. The predicted molar refractivity (Wildman–Crippen MR) is 127 cm³/mol. The van der Waals surface area contributed by atoms with Crippen molar-refractivity contribution in [2.45, 2.75) is 0 Å². The van der Waals surface area contributed by atoms with Crippen LogP contribution >= 0.6 is 0 Å². The molecule has 0 amide bonds. The molecule has 33 heavy (non-hydrogen) atoms. The number of pyridine rings is 3. The normalized spacial score (nSPS) is 11.0. The molecule has 6 nitrogen and oxygen atoms in total. The SMILES string of the molecule is c1ccc(Oc2cccc(Oc3ccc4c5ccncc5n(-c5ccccn5)c4c3)c2)nc1. The minimum atomic E-state index is 0.532. The summed E-state index contributed by atoms with van der Waals surface area (Å²) >= 11 is 0. The van der Waals surface area contributed by atoms with Crippen LogP contribution in [0, 0.1) is 0 Å². The van der Waals surface area contributed by atoms with Crippen LogP contribution in [0.25, 0.3) is 27.6 Å². The molecule has 0 spiro atoms. The monoisotopic (exact) mass is 430 g/mol. The van der Waals surface area contributed by atoms with Crippen LogP contribution in [0.3, 0.4) is 0 Å². The molecule has 6 heteroatoms. The molecule has 0 unspecified atom stereocenters. The molecule has 0 N–H and O–H groups in total. The highest BCUT2D eigenvalue weighted by Gasteiger charge is 2.14. The summed E-state index contributed by atoms with van der Waals surface area (Å²) in [6.45, 7) is 0. The lowest BCUT2D eigenvalue weighted by atomic mass is 10.2. The van der Waals surface area contributed by atoms with Gasteiger partial charge in [0, 0.05) is 47.6 Å². The molecule has 0 aliphatic carbocycles. The first-order valence-electron chi connectivity index (χ1n) is 10.5. The maximum atomic E-state index is 6.20. The molecule has 2 aromatic carbocycles. The van der Waals surface area contributed by atoms with E-state index in [9.17, 15) is 0 Å². The molecule has 6 rings (SSSR count). The fourth-order valence-corrected chi connectivity index (χ4v) is 3.91. The van der Waals surface area contributed by atoms with Gasteiger partial charge in [0.15, 0.2) is 0 Å². The Labute approximate surface area is 189 Å². The van der Waals surface area contributed by atoms with E-state index in [4.69, 9.17) is 9.47 Å². The van der Waals surface area contributed by atoms with E-state index in [0.717, 1.165) is 27.6 Å². The standard InChI is InChI=1S/C27H18N4O2/c1-3-13-29-26(8-1)31-24-17-21(10-11-22(24)23-12-15-28-18-25(23)31)32-19-6-5-7-20(16-19)33-27-9-2-4-14-30-27/h1-18H. The molecule has 4 aromatic heterocycles. The van der Waals surface area contributed by atoms with E-state index in [2.05, 4.69) is 25.6 Å². The van der Waals surface area contributed by atoms with E-state index in [1.54, 1.807) is 12.4 Å². The van der Waals surface area contributed by atoms with Gasteiger partial charge in [-0.2, -0.15) is 0 Å². The Balaban J connectivity index is 1.40. The van der Waals surface area contributed by atoms with Gasteiger partial charge in [-0.1, -0.05) is 18.2 Å². The fraction of sp³-hybridized carbons (Fsp3) is 0. The van der Waals surface area contributed by atoms with Crippen molar-refractivity contribution < 1.29 is 9.47 Å². The number of fused-ring (bicyclic) bond motifs is 3. The molecule has 4 heterocycles. The lowest BCUT2D eigenvalue weighted by Gasteiger charge is -2.10. The van der Waals surface area contributed by atoms with Crippen LogP contribution in [0.2, 0.25) is 0 Å². The van der Waals surface area contributed by atoms with Crippen molar-refractivity contribution in [2.75, 3.05) is 0 Å². The fourth-order valence-electron chi connectivity index (χ4n) is 3.91. The molecule has 0 fully saturated rings. The van der Waals surface area contributed by atoms with Crippen molar-refractivity contribution in [3.05, 3.63) is 110 Å². The van der Waals surface area contributed by atoms with E-state index in [1.165, 1.54) is 0 Å². The number of ether oxygens (including phenoxy) is 2. The van der Waals surface area contributed by atoms with E-state index >= 15 is 0 Å². The third-order valence-corrected chi connectivity index (χ3v) is 5.32. The summed E-state index contributed by atoms with van der Waals surface area (Å²) in [6.07, 6.45) is 7.16. The highest BCUT2D eigenvalue weighted by Crippen LogP contribution is 2.35. The third-order valence-electron chi connectivity index (χ3n) is 5.32. The van der Waals surface area contributed by atoms with Crippen LogP contribution in [0.15, 0.2) is 110 Å². The lowest BCUT2D eigenvalue weighted by molar-refractivity contribution is 0.449. The summed E-state index contributed by atoms with van der Waals surface area (Å²) in [6, 6.07) is 27.0. The molecule has 0 atom stereocenters. The summed E-state index contributed by atoms with van der Waals surface area (Å²) in [5, 5.41) is 2.22. The Bertz CT molecular complexity index is 1560. The number of rotatable bonds is 5. The van der Waals surface area contributed by atoms with Crippen LogP contribution < -0.4 is 9.47 Å². The van der Waals surface area contributed by atoms with Gasteiger partial charge in [-0.05, 0) is 48.5 Å². The summed E-state index contributed by atoms with van der Waals surface area (Å²) in [7, 11) is 0. The first-order valence-corrected chi connectivity index (χ1v) is 10.5. The Morgan fingerprint density at radius 1 is 0.576 bits per heavy atom. The number of hydrogen-bond acceptors (Lipinski definition) is 5. The van der Waals surface area contributed by atoms with Gasteiger partial charge in [0.1, 0.15) is 23.1 Å². The second kappa shape index (κ2) is 8.09. The first kappa shape index (κ1) is 19.0. The van der Waals surface area contributed by atoms with Crippen LogP contribution in [-0.4, -0.2) is 19.5 Å². The third kappa shape index (κ3) is 3.64. The van der Waals surface area contributed by atoms with Crippen LogP contribution in [-0.2, 0) is 0 Å². The highest BCUT2D eigenvalue weighted by molar-refractivity contribution is 6.09. The van der Waals surface area contributed by atoms with Crippen molar-refractivity contribution >= 4 is 21.8 Å². The van der Waals surface area contributed by atoms with Crippen molar-refractivity contribution in [3.63, 3.8) is 0 Å². The van der Waals surface area contributed by atoms with Gasteiger partial charge in [-0.15, -0.1) is 0 Å². The predicted octanol–water partition coefficient (Wildman–Crippen LogP) is 6.55. The Morgan fingerprint density at radius 2 is 1.36 bits per heavy atom. The zero-order chi connectivity index (χ0) is 22.0. The van der Waals surface area contributed by atoms with E-state index in [1.807, 2.05) is 91.3 Å². The van der Waals surface area contributed by atoms with Crippen LogP contribution in [0.5, 0.6) is 23.1 Å². The van der Waals surface area contributed by atoms with Crippen molar-refractivity contribution in [3.8, 4) is 28.9 Å². The topological polar surface area (TPSA) is 62.1 Å². The lowest BCUT2D eigenvalue weighted by Crippen LogP contribution is -1.96. The number of nitrogens with zero attached hydrogens (tertiary/aromatic N) is 4. The summed E-state index contributed by atoms with van der Waals surface area (Å²) < 4.78 is 14.1. The summed E-state index contributed by atoms with van der Waals surface area (Å²) in [4.78, 5) is 13.1. The highest BCUT2D eigenvalue weighted by atomic mass is 16.5. The quantitative estimate of drug-likeness (QED) is 0.310. The van der Waals surface area contributed by atoms with Gasteiger partial charge in [0.05, 0.1) is 17.2 Å².